The van der Waals surface area contributed by atoms with E-state index in [1.54, 1.807) is 0 Å². The number of aliphatic carboxylic acids is 1. The van der Waals surface area contributed by atoms with Gasteiger partial charge in [-0.2, -0.15) is 0 Å². The molecule has 3 N–H and O–H groups in total. The van der Waals surface area contributed by atoms with Crippen LogP contribution in [0.5, 0.6) is 0 Å². The molecule has 0 saturated heterocycles. The van der Waals surface area contributed by atoms with Gasteiger partial charge in [-0.3, -0.25) is 9.59 Å². The first-order chi connectivity index (χ1) is 13.9. The van der Waals surface area contributed by atoms with Crippen LogP contribution in [-0.4, -0.2) is 42.3 Å². The number of ether oxygens (including phenoxy) is 1. The minimum atomic E-state index is -0.998. The Labute approximate surface area is 169 Å². The lowest BCUT2D eigenvalue weighted by Crippen LogP contribution is -2.46. The van der Waals surface area contributed by atoms with Crippen LogP contribution in [-0.2, 0) is 14.3 Å². The van der Waals surface area contributed by atoms with E-state index >= 15 is 0 Å². The van der Waals surface area contributed by atoms with Crippen molar-refractivity contribution in [2.75, 3.05) is 13.2 Å². The van der Waals surface area contributed by atoms with E-state index in [0.717, 1.165) is 22.3 Å². The quantitative estimate of drug-likeness (QED) is 0.668. The third kappa shape index (κ3) is 4.56. The SMILES string of the molecule is CC(CNC(=O)[C@H](C)NC(=O)OCC1c2ccccc2-c2ccccc21)C(=O)O. The second-order valence-electron chi connectivity index (χ2n) is 7.18. The molecule has 3 rings (SSSR count). The summed E-state index contributed by atoms with van der Waals surface area (Å²) in [4.78, 5) is 35.0. The van der Waals surface area contributed by atoms with Crippen LogP contribution in [0.4, 0.5) is 4.79 Å². The van der Waals surface area contributed by atoms with Crippen molar-refractivity contribution in [2.45, 2.75) is 25.8 Å². The minimum Gasteiger partial charge on any atom is -0.481 e. The molecule has 0 aromatic heterocycles. The van der Waals surface area contributed by atoms with Crippen LogP contribution in [0.25, 0.3) is 11.1 Å². The van der Waals surface area contributed by atoms with Crippen molar-refractivity contribution in [1.82, 2.24) is 10.6 Å². The van der Waals surface area contributed by atoms with Crippen LogP contribution < -0.4 is 10.6 Å². The normalized spacial score (nSPS) is 14.3. The summed E-state index contributed by atoms with van der Waals surface area (Å²) in [6, 6.07) is 15.2. The molecule has 1 aliphatic rings. The Balaban J connectivity index is 1.56. The fraction of sp³-hybridized carbons (Fsp3) is 0.318. The van der Waals surface area contributed by atoms with E-state index in [1.807, 2.05) is 36.4 Å². The van der Waals surface area contributed by atoms with Gasteiger partial charge in [0.15, 0.2) is 0 Å². The molecule has 2 amide bonds. The summed E-state index contributed by atoms with van der Waals surface area (Å²) in [7, 11) is 0. The lowest BCUT2D eigenvalue weighted by molar-refractivity contribution is -0.141. The number of alkyl carbamates (subject to hydrolysis) is 1. The Hall–Kier alpha value is -3.35. The maximum absolute atomic E-state index is 12.2. The molecule has 0 spiro atoms. The van der Waals surface area contributed by atoms with Gasteiger partial charge in [0.25, 0.3) is 0 Å². The van der Waals surface area contributed by atoms with Gasteiger partial charge in [0.1, 0.15) is 12.6 Å². The van der Waals surface area contributed by atoms with E-state index in [0.29, 0.717) is 0 Å². The highest BCUT2D eigenvalue weighted by Crippen LogP contribution is 2.44. The van der Waals surface area contributed by atoms with Crippen molar-refractivity contribution in [3.05, 3.63) is 59.7 Å². The molecule has 7 nitrogen and oxygen atoms in total. The van der Waals surface area contributed by atoms with Gasteiger partial charge in [0.05, 0.1) is 5.92 Å². The van der Waals surface area contributed by atoms with E-state index in [9.17, 15) is 14.4 Å². The van der Waals surface area contributed by atoms with Gasteiger partial charge in [-0.25, -0.2) is 4.79 Å². The molecule has 0 aliphatic heterocycles. The summed E-state index contributed by atoms with van der Waals surface area (Å²) in [5.74, 6) is -2.23. The molecule has 2 atom stereocenters. The van der Waals surface area contributed by atoms with Gasteiger partial charge < -0.3 is 20.5 Å². The molecule has 1 aliphatic carbocycles. The van der Waals surface area contributed by atoms with E-state index < -0.39 is 29.9 Å². The van der Waals surface area contributed by atoms with Crippen LogP contribution in [0, 0.1) is 5.92 Å². The summed E-state index contributed by atoms with van der Waals surface area (Å²) in [5.41, 5.74) is 4.49. The molecule has 0 fully saturated rings. The summed E-state index contributed by atoms with van der Waals surface area (Å²) < 4.78 is 5.40. The number of nitrogens with one attached hydrogen (secondary N) is 2. The van der Waals surface area contributed by atoms with Gasteiger partial charge in [-0.1, -0.05) is 55.5 Å². The predicted octanol–water partition coefficient (Wildman–Crippen LogP) is 2.75. The monoisotopic (exact) mass is 396 g/mol. The average molecular weight is 396 g/mol. The Kier molecular flexibility index (Phi) is 6.16. The van der Waals surface area contributed by atoms with E-state index in [-0.39, 0.29) is 19.1 Å². The largest absolute Gasteiger partial charge is 0.481 e. The lowest BCUT2D eigenvalue weighted by Gasteiger charge is -2.17. The molecule has 2 aromatic carbocycles. The number of amides is 2. The van der Waals surface area contributed by atoms with Gasteiger partial charge in [-0.05, 0) is 29.2 Å². The molecule has 0 radical (unpaired) electrons. The number of rotatable bonds is 7. The summed E-state index contributed by atoms with van der Waals surface area (Å²) in [6.07, 6.45) is -0.694. The Morgan fingerprint density at radius 2 is 1.55 bits per heavy atom. The van der Waals surface area contributed by atoms with Crippen LogP contribution >= 0.6 is 0 Å². The first kappa shape index (κ1) is 20.4. The number of carbonyl (C=O) groups is 3. The molecular weight excluding hydrogens is 372 g/mol. The van der Waals surface area contributed by atoms with E-state index in [4.69, 9.17) is 9.84 Å². The fourth-order valence-corrected chi connectivity index (χ4v) is 3.38. The number of carbonyl (C=O) groups excluding carboxylic acids is 2. The van der Waals surface area contributed by atoms with Crippen molar-refractivity contribution in [1.29, 1.82) is 0 Å². The first-order valence-electron chi connectivity index (χ1n) is 9.50. The molecule has 7 heteroatoms. The zero-order valence-electron chi connectivity index (χ0n) is 16.3. The third-order valence-corrected chi connectivity index (χ3v) is 5.08. The third-order valence-electron chi connectivity index (χ3n) is 5.08. The second kappa shape index (κ2) is 8.77. The maximum atomic E-state index is 12.2. The zero-order chi connectivity index (χ0) is 21.0. The highest BCUT2D eigenvalue weighted by molar-refractivity contribution is 5.85. The van der Waals surface area contributed by atoms with Crippen molar-refractivity contribution in [3.63, 3.8) is 0 Å². The van der Waals surface area contributed by atoms with Crippen LogP contribution in [0.2, 0.25) is 0 Å². The highest BCUT2D eigenvalue weighted by atomic mass is 16.5. The zero-order valence-corrected chi connectivity index (χ0v) is 16.3. The van der Waals surface area contributed by atoms with E-state index in [1.165, 1.54) is 13.8 Å². The molecule has 152 valence electrons. The van der Waals surface area contributed by atoms with Gasteiger partial charge in [-0.15, -0.1) is 0 Å². The van der Waals surface area contributed by atoms with Crippen LogP contribution in [0.15, 0.2) is 48.5 Å². The topological polar surface area (TPSA) is 105 Å². The van der Waals surface area contributed by atoms with Crippen molar-refractivity contribution >= 4 is 18.0 Å². The fourth-order valence-electron chi connectivity index (χ4n) is 3.38. The maximum Gasteiger partial charge on any atom is 0.407 e. The summed E-state index contributed by atoms with van der Waals surface area (Å²) >= 11 is 0. The number of carboxylic acids is 1. The highest BCUT2D eigenvalue weighted by Gasteiger charge is 2.29. The molecule has 0 saturated carbocycles. The molecule has 29 heavy (non-hydrogen) atoms. The van der Waals surface area contributed by atoms with Crippen molar-refractivity contribution in [2.24, 2.45) is 5.92 Å². The van der Waals surface area contributed by atoms with Crippen LogP contribution in [0.1, 0.15) is 30.9 Å². The summed E-state index contributed by atoms with van der Waals surface area (Å²) in [6.45, 7) is 3.16. The number of carboxylic acid groups (broad SMARTS) is 1. The van der Waals surface area contributed by atoms with Gasteiger partial charge in [0.2, 0.25) is 5.91 Å². The number of hydrogen-bond acceptors (Lipinski definition) is 4. The van der Waals surface area contributed by atoms with Crippen molar-refractivity contribution in [3.8, 4) is 11.1 Å². The predicted molar refractivity (Wildman–Crippen MR) is 107 cm³/mol. The Bertz CT molecular complexity index is 881. The first-order valence-corrected chi connectivity index (χ1v) is 9.50. The molecular formula is C22H24N2O5. The summed E-state index contributed by atoms with van der Waals surface area (Å²) in [5, 5.41) is 13.8. The molecule has 1 unspecified atom stereocenters. The Morgan fingerprint density at radius 1 is 1.00 bits per heavy atom. The number of hydrogen-bond donors (Lipinski definition) is 3. The molecule has 0 bridgehead atoms. The molecule has 0 heterocycles. The molecule has 2 aromatic rings. The van der Waals surface area contributed by atoms with Gasteiger partial charge >= 0.3 is 12.1 Å². The Morgan fingerprint density at radius 3 is 2.10 bits per heavy atom. The second-order valence-corrected chi connectivity index (χ2v) is 7.18. The number of fused-ring (bicyclic) bond motifs is 3. The lowest BCUT2D eigenvalue weighted by atomic mass is 9.98. The van der Waals surface area contributed by atoms with E-state index in [2.05, 4.69) is 22.8 Å². The number of benzene rings is 2. The van der Waals surface area contributed by atoms with Crippen molar-refractivity contribution < 1.29 is 24.2 Å². The van der Waals surface area contributed by atoms with Gasteiger partial charge in [0, 0.05) is 12.5 Å². The average Bonchev–Trinajstić information content (AvgIpc) is 3.04. The minimum absolute atomic E-state index is 0.00905. The standard InChI is InChI=1S/C22H24N2O5/c1-13(21(26)27)11-23-20(25)14(2)24-22(28)29-12-19-17-9-5-3-7-15(17)16-8-4-6-10-18(16)19/h3-10,13-14,19H,11-12H2,1-2H3,(H,23,25)(H,24,28)(H,26,27)/t13?,14-/m0/s1. The smallest absolute Gasteiger partial charge is 0.407 e. The van der Waals surface area contributed by atoms with Crippen LogP contribution in [0.3, 0.4) is 0 Å².